The second-order valence-electron chi connectivity index (χ2n) is 9.07. The maximum Gasteiger partial charge on any atom is 0.255 e. The van der Waals surface area contributed by atoms with Gasteiger partial charge in [-0.05, 0) is 56.3 Å². The molecule has 0 radical (unpaired) electrons. The molecule has 3 amide bonds. The number of nitrogens with one attached hydrogen (secondary N) is 2. The van der Waals surface area contributed by atoms with Crippen molar-refractivity contribution in [1.82, 2.24) is 20.4 Å². The van der Waals surface area contributed by atoms with Gasteiger partial charge in [0.05, 0.1) is 0 Å². The topological polar surface area (TPSA) is 81.8 Å². The highest BCUT2D eigenvalue weighted by atomic mass is 16.2. The Kier molecular flexibility index (Phi) is 4.67. The highest BCUT2D eigenvalue weighted by Gasteiger charge is 2.39. The van der Waals surface area contributed by atoms with Crippen LogP contribution in [-0.2, 0) is 22.7 Å². The molecule has 1 aromatic rings. The fraction of sp³-hybridized carbons (Fsp3) is 0.591. The third kappa shape index (κ3) is 3.46. The summed E-state index contributed by atoms with van der Waals surface area (Å²) in [5, 5.41) is 6.05. The molecular weight excluding hydrogens is 368 g/mol. The van der Waals surface area contributed by atoms with Crippen LogP contribution < -0.4 is 10.6 Å². The lowest BCUT2D eigenvalue weighted by atomic mass is 9.97. The molecule has 7 nitrogen and oxygen atoms in total. The summed E-state index contributed by atoms with van der Waals surface area (Å²) in [6.07, 6.45) is 5.65. The Bertz CT molecular complexity index is 858. The van der Waals surface area contributed by atoms with Gasteiger partial charge in [0.25, 0.3) is 5.91 Å². The SMILES string of the molecule is CN(Cc1ccc2c(c1)C(=O)N(C1CCC(=O)NC1=O)C2)C1C[C@H]2CC[C@@H](C1)N2. The fourth-order valence-electron chi connectivity index (χ4n) is 5.50. The molecule has 0 aliphatic carbocycles. The van der Waals surface area contributed by atoms with E-state index in [0.717, 1.165) is 17.7 Å². The minimum absolute atomic E-state index is 0.0982. The number of rotatable bonds is 4. The Morgan fingerprint density at radius 1 is 1.10 bits per heavy atom. The predicted molar refractivity (Wildman–Crippen MR) is 107 cm³/mol. The molecule has 4 aliphatic rings. The van der Waals surface area contributed by atoms with Crippen LogP contribution in [0.2, 0.25) is 0 Å². The van der Waals surface area contributed by atoms with E-state index in [0.29, 0.717) is 36.7 Å². The van der Waals surface area contributed by atoms with Gasteiger partial charge in [-0.1, -0.05) is 12.1 Å². The van der Waals surface area contributed by atoms with E-state index in [-0.39, 0.29) is 24.1 Å². The number of hydrogen-bond acceptors (Lipinski definition) is 5. The number of carbonyl (C=O) groups is 3. The van der Waals surface area contributed by atoms with Crippen molar-refractivity contribution < 1.29 is 14.4 Å². The van der Waals surface area contributed by atoms with Gasteiger partial charge in [-0.2, -0.15) is 0 Å². The number of piperidine rings is 2. The number of fused-ring (bicyclic) bond motifs is 3. The molecule has 2 unspecified atom stereocenters. The van der Waals surface area contributed by atoms with Crippen LogP contribution in [-0.4, -0.2) is 58.7 Å². The average Bonchev–Trinajstić information content (AvgIpc) is 3.20. The van der Waals surface area contributed by atoms with Gasteiger partial charge >= 0.3 is 0 Å². The Morgan fingerprint density at radius 3 is 2.59 bits per heavy atom. The van der Waals surface area contributed by atoms with Gasteiger partial charge in [-0.25, -0.2) is 0 Å². The first-order valence-corrected chi connectivity index (χ1v) is 10.7. The van der Waals surface area contributed by atoms with Crippen molar-refractivity contribution in [2.75, 3.05) is 7.05 Å². The quantitative estimate of drug-likeness (QED) is 0.747. The normalized spacial score (nSPS) is 31.4. The minimum atomic E-state index is -0.552. The van der Waals surface area contributed by atoms with Crippen LogP contribution in [0.5, 0.6) is 0 Å². The standard InChI is InChI=1S/C22H28N4O3/c1-25(17-9-15-4-5-16(10-17)23-15)11-13-2-3-14-12-26(22(29)18(14)8-13)19-6-7-20(27)24-21(19)28/h2-3,8,15-17,19,23H,4-7,9-12H2,1H3,(H,24,27,28)/t15-,16+,17?,19?. The molecule has 4 atom stereocenters. The van der Waals surface area contributed by atoms with Crippen molar-refractivity contribution in [2.24, 2.45) is 0 Å². The first-order valence-electron chi connectivity index (χ1n) is 10.7. The van der Waals surface area contributed by atoms with E-state index in [2.05, 4.69) is 28.6 Å². The van der Waals surface area contributed by atoms with Crippen molar-refractivity contribution in [2.45, 2.75) is 75.8 Å². The summed E-state index contributed by atoms with van der Waals surface area (Å²) in [4.78, 5) is 40.6. The van der Waals surface area contributed by atoms with Gasteiger partial charge in [-0.3, -0.25) is 24.6 Å². The number of benzene rings is 1. The molecule has 154 valence electrons. The summed E-state index contributed by atoms with van der Waals surface area (Å²) >= 11 is 0. The van der Waals surface area contributed by atoms with E-state index >= 15 is 0 Å². The van der Waals surface area contributed by atoms with Gasteiger partial charge in [0.1, 0.15) is 6.04 Å². The van der Waals surface area contributed by atoms with Crippen molar-refractivity contribution >= 4 is 17.7 Å². The van der Waals surface area contributed by atoms with E-state index in [1.807, 2.05) is 12.1 Å². The van der Waals surface area contributed by atoms with E-state index in [1.54, 1.807) is 4.90 Å². The summed E-state index contributed by atoms with van der Waals surface area (Å²) in [5.74, 6) is -0.714. The summed E-state index contributed by atoms with van der Waals surface area (Å²) < 4.78 is 0. The lowest BCUT2D eigenvalue weighted by Crippen LogP contribution is -2.52. The lowest BCUT2D eigenvalue weighted by Gasteiger charge is -2.35. The average molecular weight is 396 g/mol. The molecule has 0 spiro atoms. The summed E-state index contributed by atoms with van der Waals surface area (Å²) in [6, 6.07) is 7.47. The van der Waals surface area contributed by atoms with E-state index in [4.69, 9.17) is 0 Å². The van der Waals surface area contributed by atoms with Crippen molar-refractivity contribution in [3.8, 4) is 0 Å². The van der Waals surface area contributed by atoms with Crippen molar-refractivity contribution in [3.05, 3.63) is 34.9 Å². The molecule has 7 heteroatoms. The molecule has 4 aliphatic heterocycles. The third-order valence-electron chi connectivity index (χ3n) is 7.10. The summed E-state index contributed by atoms with van der Waals surface area (Å²) in [6.45, 7) is 1.26. The Hall–Kier alpha value is -2.25. The zero-order valence-corrected chi connectivity index (χ0v) is 16.8. The van der Waals surface area contributed by atoms with Gasteiger partial charge in [0.2, 0.25) is 11.8 Å². The molecule has 0 saturated carbocycles. The number of amides is 3. The van der Waals surface area contributed by atoms with Crippen LogP contribution >= 0.6 is 0 Å². The maximum absolute atomic E-state index is 13.0. The van der Waals surface area contributed by atoms with Crippen molar-refractivity contribution in [3.63, 3.8) is 0 Å². The zero-order valence-electron chi connectivity index (χ0n) is 16.8. The zero-order chi connectivity index (χ0) is 20.1. The van der Waals surface area contributed by atoms with E-state index in [1.165, 1.54) is 25.7 Å². The highest BCUT2D eigenvalue weighted by Crippen LogP contribution is 2.31. The summed E-state index contributed by atoms with van der Waals surface area (Å²) in [5.41, 5.74) is 2.80. The number of carbonyl (C=O) groups excluding carboxylic acids is 3. The van der Waals surface area contributed by atoms with Crippen LogP contribution in [0.25, 0.3) is 0 Å². The maximum atomic E-state index is 13.0. The highest BCUT2D eigenvalue weighted by molar-refractivity contribution is 6.05. The second-order valence-corrected chi connectivity index (χ2v) is 9.07. The molecule has 5 rings (SSSR count). The van der Waals surface area contributed by atoms with Crippen LogP contribution in [0.3, 0.4) is 0 Å². The van der Waals surface area contributed by atoms with Gasteiger partial charge in [0, 0.05) is 43.2 Å². The van der Waals surface area contributed by atoms with Gasteiger partial charge < -0.3 is 10.2 Å². The molecular formula is C22H28N4O3. The number of nitrogens with zero attached hydrogens (tertiary/aromatic N) is 2. The minimum Gasteiger partial charge on any atom is -0.322 e. The molecule has 2 N–H and O–H groups in total. The third-order valence-corrected chi connectivity index (χ3v) is 7.10. The van der Waals surface area contributed by atoms with Crippen LogP contribution in [0, 0.1) is 0 Å². The molecule has 29 heavy (non-hydrogen) atoms. The largest absolute Gasteiger partial charge is 0.322 e. The Labute approximate surface area is 170 Å². The molecule has 0 aromatic heterocycles. The van der Waals surface area contributed by atoms with Crippen LogP contribution in [0.4, 0.5) is 0 Å². The lowest BCUT2D eigenvalue weighted by molar-refractivity contribution is -0.136. The van der Waals surface area contributed by atoms with Crippen molar-refractivity contribution in [1.29, 1.82) is 0 Å². The number of hydrogen-bond donors (Lipinski definition) is 2. The van der Waals surface area contributed by atoms with E-state index < -0.39 is 6.04 Å². The Morgan fingerprint density at radius 2 is 1.86 bits per heavy atom. The Balaban J connectivity index is 1.28. The number of imide groups is 1. The molecule has 4 heterocycles. The predicted octanol–water partition coefficient (Wildman–Crippen LogP) is 1.16. The van der Waals surface area contributed by atoms with Gasteiger partial charge in [0.15, 0.2) is 0 Å². The molecule has 3 fully saturated rings. The second kappa shape index (κ2) is 7.22. The van der Waals surface area contributed by atoms with Crippen LogP contribution in [0.15, 0.2) is 18.2 Å². The van der Waals surface area contributed by atoms with Gasteiger partial charge in [-0.15, -0.1) is 0 Å². The first-order chi connectivity index (χ1) is 14.0. The molecule has 1 aromatic carbocycles. The van der Waals surface area contributed by atoms with Crippen LogP contribution in [0.1, 0.15) is 60.0 Å². The summed E-state index contributed by atoms with van der Waals surface area (Å²) in [7, 11) is 2.18. The molecule has 2 bridgehead atoms. The first kappa shape index (κ1) is 18.8. The van der Waals surface area contributed by atoms with E-state index in [9.17, 15) is 14.4 Å². The smallest absolute Gasteiger partial charge is 0.255 e. The molecule has 3 saturated heterocycles. The fourth-order valence-corrected chi connectivity index (χ4v) is 5.50. The monoisotopic (exact) mass is 396 g/mol.